The van der Waals surface area contributed by atoms with Crippen LogP contribution in [-0.2, 0) is 20.0 Å². The zero-order chi connectivity index (χ0) is 22.0. The Morgan fingerprint density at radius 1 is 1.10 bits per heavy atom. The number of halogens is 6. The minimum atomic E-state index is -4.47. The van der Waals surface area contributed by atoms with Crippen LogP contribution in [0.25, 0.3) is 0 Å². The lowest BCUT2D eigenvalue weighted by Gasteiger charge is -2.36. The van der Waals surface area contributed by atoms with Gasteiger partial charge >= 0.3 is 10.3 Å². The number of alkyl halides is 3. The van der Waals surface area contributed by atoms with Gasteiger partial charge in [-0.25, -0.2) is 4.39 Å². The number of hydrogen-bond donors (Lipinski definition) is 2. The topological polar surface area (TPSA) is 81.4 Å². The van der Waals surface area contributed by atoms with Crippen LogP contribution in [0.1, 0.15) is 24.1 Å². The first-order valence-corrected chi connectivity index (χ1v) is 11.2. The van der Waals surface area contributed by atoms with Gasteiger partial charge in [-0.1, -0.05) is 76.2 Å². The second-order valence-electron chi connectivity index (χ2n) is 6.29. The lowest BCUT2D eigenvalue weighted by atomic mass is 9.82. The summed E-state index contributed by atoms with van der Waals surface area (Å²) in [5.74, 6) is -0.702. The first-order valence-electron chi connectivity index (χ1n) is 7.95. The summed E-state index contributed by atoms with van der Waals surface area (Å²) in [7, 11) is -4.47. The molecule has 0 aliphatic rings. The fourth-order valence-corrected chi connectivity index (χ4v) is 4.39. The van der Waals surface area contributed by atoms with Crippen molar-refractivity contribution in [3.63, 3.8) is 0 Å². The lowest BCUT2D eigenvalue weighted by Crippen LogP contribution is -2.51. The van der Waals surface area contributed by atoms with Gasteiger partial charge in [0.2, 0.25) is 3.79 Å². The van der Waals surface area contributed by atoms with Gasteiger partial charge in [-0.15, -0.1) is 0 Å². The van der Waals surface area contributed by atoms with Crippen LogP contribution in [0.5, 0.6) is 0 Å². The molecule has 12 heteroatoms. The number of nitrogens with two attached hydrogens (primary N) is 1. The zero-order valence-corrected chi connectivity index (χ0v) is 19.4. The average molecular weight is 525 g/mol. The Labute approximate surface area is 193 Å². The van der Waals surface area contributed by atoms with Crippen LogP contribution in [0.3, 0.4) is 0 Å². The van der Waals surface area contributed by atoms with Crippen LogP contribution in [0.2, 0.25) is 10.0 Å². The maximum Gasteiger partial charge on any atom is 0.336 e. The molecule has 2 aromatic rings. The van der Waals surface area contributed by atoms with E-state index < -0.39 is 38.1 Å². The van der Waals surface area contributed by atoms with Gasteiger partial charge in [0.15, 0.2) is 0 Å². The summed E-state index contributed by atoms with van der Waals surface area (Å²) in [6, 6.07) is 8.87. The third-order valence-electron chi connectivity index (χ3n) is 4.08. The molecule has 0 aliphatic carbocycles. The Hall–Kier alpha value is -0.350. The van der Waals surface area contributed by atoms with E-state index in [0.29, 0.717) is 10.6 Å². The van der Waals surface area contributed by atoms with E-state index in [9.17, 15) is 12.8 Å². The van der Waals surface area contributed by atoms with Gasteiger partial charge in [-0.2, -0.15) is 13.1 Å². The van der Waals surface area contributed by atoms with Gasteiger partial charge in [-0.05, 0) is 36.8 Å². The zero-order valence-electron chi connectivity index (χ0n) is 14.8. The van der Waals surface area contributed by atoms with Crippen LogP contribution in [-0.4, -0.2) is 18.8 Å². The highest BCUT2D eigenvalue weighted by atomic mass is 35.6. The molecule has 0 radical (unpaired) electrons. The van der Waals surface area contributed by atoms with E-state index in [2.05, 4.69) is 4.72 Å². The maximum atomic E-state index is 14.5. The third-order valence-corrected chi connectivity index (χ3v) is 5.99. The van der Waals surface area contributed by atoms with E-state index >= 15 is 0 Å². The van der Waals surface area contributed by atoms with Gasteiger partial charge in [0.05, 0.1) is 11.6 Å². The van der Waals surface area contributed by atoms with Crippen molar-refractivity contribution in [1.29, 1.82) is 0 Å². The first kappa shape index (κ1) is 24.9. The molecule has 0 saturated carbocycles. The van der Waals surface area contributed by atoms with Gasteiger partial charge < -0.3 is 5.73 Å². The van der Waals surface area contributed by atoms with Gasteiger partial charge in [0, 0.05) is 15.6 Å². The normalized spacial score (nSPS) is 15.7. The summed E-state index contributed by atoms with van der Waals surface area (Å²) >= 11 is 28.4. The Balaban J connectivity index is 2.50. The Kier molecular flexibility index (Phi) is 8.10. The molecule has 0 aliphatic heterocycles. The Bertz CT molecular complexity index is 970. The molecular formula is C17H16Cl5FN2O3S. The predicted octanol–water partition coefficient (Wildman–Crippen LogP) is 5.27. The fraction of sp³-hybridized carbons (Fsp3) is 0.294. The van der Waals surface area contributed by atoms with E-state index in [-0.39, 0.29) is 10.6 Å². The van der Waals surface area contributed by atoms with Crippen molar-refractivity contribution in [2.45, 2.75) is 22.3 Å². The van der Waals surface area contributed by atoms with Gasteiger partial charge in [-0.3, -0.25) is 4.18 Å². The van der Waals surface area contributed by atoms with E-state index in [1.54, 1.807) is 12.1 Å². The fourth-order valence-electron chi connectivity index (χ4n) is 2.60. The molecule has 0 aromatic heterocycles. The minimum Gasteiger partial charge on any atom is -0.322 e. The van der Waals surface area contributed by atoms with Gasteiger partial charge in [0.25, 0.3) is 0 Å². The van der Waals surface area contributed by atoms with E-state index in [1.807, 2.05) is 0 Å². The molecule has 2 aromatic carbocycles. The molecule has 0 amide bonds. The van der Waals surface area contributed by atoms with E-state index in [0.717, 1.165) is 6.07 Å². The second kappa shape index (κ2) is 9.42. The standard InChI is InChI=1S/C17H16Cl5FN2O3S/c1-16(10-2-4-11(18)5-3-10,25-29(26,27)28-9-17(20,21)22)15(24)13-7-6-12(19)8-14(13)23/h2-8,15,25H,9,24H2,1H3/t15-,16+/m1/s1. The van der Waals surface area contributed by atoms with Crippen LogP contribution < -0.4 is 10.5 Å². The van der Waals surface area contributed by atoms with Crippen LogP contribution in [0, 0.1) is 5.82 Å². The van der Waals surface area contributed by atoms with E-state index in [1.165, 1.54) is 31.2 Å². The molecule has 0 saturated heterocycles. The number of rotatable bonds is 7. The molecule has 29 heavy (non-hydrogen) atoms. The lowest BCUT2D eigenvalue weighted by molar-refractivity contribution is 0.281. The third kappa shape index (κ3) is 6.82. The molecule has 5 nitrogen and oxygen atoms in total. The molecule has 0 spiro atoms. The van der Waals surface area contributed by atoms with Crippen molar-refractivity contribution in [1.82, 2.24) is 4.72 Å². The molecule has 0 unspecified atom stereocenters. The van der Waals surface area contributed by atoms with Crippen molar-refractivity contribution in [3.05, 3.63) is 69.5 Å². The summed E-state index contributed by atoms with van der Waals surface area (Å²) in [5, 5.41) is 0.580. The number of hydrogen-bond acceptors (Lipinski definition) is 4. The predicted molar refractivity (Wildman–Crippen MR) is 115 cm³/mol. The average Bonchev–Trinajstić information content (AvgIpc) is 2.59. The summed E-state index contributed by atoms with van der Waals surface area (Å²) in [6.45, 7) is 0.722. The highest BCUT2D eigenvalue weighted by Gasteiger charge is 2.40. The summed E-state index contributed by atoms with van der Waals surface area (Å²) in [6.07, 6.45) is 0. The highest BCUT2D eigenvalue weighted by molar-refractivity contribution is 7.84. The Morgan fingerprint density at radius 3 is 2.17 bits per heavy atom. The molecule has 160 valence electrons. The number of nitrogens with one attached hydrogen (secondary N) is 1. The van der Waals surface area contributed by atoms with Crippen LogP contribution in [0.4, 0.5) is 4.39 Å². The number of benzene rings is 2. The Morgan fingerprint density at radius 2 is 1.66 bits per heavy atom. The molecule has 0 bridgehead atoms. The van der Waals surface area contributed by atoms with Gasteiger partial charge in [0.1, 0.15) is 12.4 Å². The summed E-state index contributed by atoms with van der Waals surface area (Å²) in [4.78, 5) is 0. The van der Waals surface area contributed by atoms with Crippen molar-refractivity contribution in [2.75, 3.05) is 6.61 Å². The summed E-state index contributed by atoms with van der Waals surface area (Å²) < 4.78 is 44.6. The largest absolute Gasteiger partial charge is 0.336 e. The monoisotopic (exact) mass is 522 g/mol. The molecule has 2 rings (SSSR count). The second-order valence-corrected chi connectivity index (χ2v) is 11.0. The highest BCUT2D eigenvalue weighted by Crippen LogP contribution is 2.37. The van der Waals surface area contributed by atoms with Crippen molar-refractivity contribution in [3.8, 4) is 0 Å². The molecule has 0 heterocycles. The van der Waals surface area contributed by atoms with Crippen molar-refractivity contribution in [2.24, 2.45) is 5.73 Å². The van der Waals surface area contributed by atoms with E-state index in [4.69, 9.17) is 67.9 Å². The summed E-state index contributed by atoms with van der Waals surface area (Å²) in [5.41, 5.74) is 5.16. The molecule has 2 atom stereocenters. The molecular weight excluding hydrogens is 509 g/mol. The van der Waals surface area contributed by atoms with Crippen molar-refractivity contribution < 1.29 is 17.0 Å². The molecule has 0 fully saturated rings. The maximum absolute atomic E-state index is 14.5. The quantitative estimate of drug-likeness (QED) is 0.484. The van der Waals surface area contributed by atoms with Crippen LogP contribution >= 0.6 is 58.0 Å². The first-order chi connectivity index (χ1) is 13.2. The van der Waals surface area contributed by atoms with Crippen LogP contribution in [0.15, 0.2) is 42.5 Å². The SMILES string of the molecule is C[C@](NS(=O)(=O)OCC(Cl)(Cl)Cl)(c1ccc(Cl)cc1)[C@H](N)c1ccc(Cl)cc1F. The minimum absolute atomic E-state index is 0.0240. The smallest absolute Gasteiger partial charge is 0.322 e. The van der Waals surface area contributed by atoms with Crippen molar-refractivity contribution >= 4 is 68.3 Å². The molecule has 3 N–H and O–H groups in total.